The lowest BCUT2D eigenvalue weighted by molar-refractivity contribution is -0.0935. The second kappa shape index (κ2) is 11.3. The van der Waals surface area contributed by atoms with E-state index in [0.29, 0.717) is 6.61 Å². The van der Waals surface area contributed by atoms with E-state index in [0.717, 1.165) is 23.5 Å². The van der Waals surface area contributed by atoms with Gasteiger partial charge in [0.25, 0.3) is 0 Å². The van der Waals surface area contributed by atoms with Crippen LogP contribution in [-0.2, 0) is 15.7 Å². The summed E-state index contributed by atoms with van der Waals surface area (Å²) in [6.07, 6.45) is -0.295. The van der Waals surface area contributed by atoms with Gasteiger partial charge in [-0.25, -0.2) is 0 Å². The quantitative estimate of drug-likeness (QED) is 0.351. The lowest BCUT2D eigenvalue weighted by Crippen LogP contribution is -2.31. The molecule has 0 aliphatic carbocycles. The molecule has 0 amide bonds. The molecule has 0 aromatic heterocycles. The molecule has 1 aromatic rings. The van der Waals surface area contributed by atoms with Crippen molar-refractivity contribution in [3.8, 4) is 5.75 Å². The van der Waals surface area contributed by atoms with Gasteiger partial charge in [-0.3, -0.25) is 0 Å². The second-order valence-corrected chi connectivity index (χ2v) is 8.97. The molecule has 138 valence electrons. The maximum Gasteiger partial charge on any atom is 0.202 e. The summed E-state index contributed by atoms with van der Waals surface area (Å²) in [4.78, 5) is 0. The number of methoxy groups -OCH3 is 1. The molecule has 0 saturated carbocycles. The van der Waals surface area contributed by atoms with E-state index in [9.17, 15) is 5.11 Å². The number of ether oxygens (including phenoxy) is 2. The van der Waals surface area contributed by atoms with Crippen LogP contribution in [0, 0.1) is 5.41 Å². The summed E-state index contributed by atoms with van der Waals surface area (Å²) >= 11 is 1.67. The van der Waals surface area contributed by atoms with Gasteiger partial charge in [-0.15, -0.1) is 11.4 Å². The van der Waals surface area contributed by atoms with Crippen LogP contribution in [0.5, 0.6) is 5.75 Å². The van der Waals surface area contributed by atoms with Crippen LogP contribution in [0.1, 0.15) is 26.3 Å². The maximum absolute atomic E-state index is 10.1. The average molecular weight is 376 g/mol. The third-order valence-corrected chi connectivity index (χ3v) is 5.47. The van der Waals surface area contributed by atoms with Crippen molar-refractivity contribution in [1.82, 2.24) is 0 Å². The first-order chi connectivity index (χ1) is 11.4. The summed E-state index contributed by atoms with van der Waals surface area (Å²) in [6.45, 7) is 6.17. The first-order valence-electron chi connectivity index (χ1n) is 7.93. The zero-order chi connectivity index (χ0) is 18.0. The Morgan fingerprint density at radius 3 is 2.58 bits per heavy atom. The predicted octanol–water partition coefficient (Wildman–Crippen LogP) is 3.24. The lowest BCUT2D eigenvalue weighted by atomic mass is 9.96. The van der Waals surface area contributed by atoms with Crippen molar-refractivity contribution in [2.75, 3.05) is 26.1 Å². The molecular formula is C17H29O5PS. The van der Waals surface area contributed by atoms with E-state index in [-0.39, 0.29) is 26.1 Å². The standard InChI is InChI=1S/C17H29O5PS/c1-17(2,3)16(19)21-15-8-6-5-7-13(15)9-10-24-23-22-14(11-18)12-20-4/h5-8,14,16,18-19,23H,9-12H2,1-4H3. The Morgan fingerprint density at radius 2 is 1.96 bits per heavy atom. The summed E-state index contributed by atoms with van der Waals surface area (Å²) in [6, 6.07) is 7.77. The van der Waals surface area contributed by atoms with Crippen molar-refractivity contribution in [3.63, 3.8) is 0 Å². The first-order valence-corrected chi connectivity index (χ1v) is 10.5. The lowest BCUT2D eigenvalue weighted by Gasteiger charge is -2.27. The van der Waals surface area contributed by atoms with Crippen molar-refractivity contribution in [3.05, 3.63) is 29.8 Å². The molecule has 3 atom stereocenters. The van der Waals surface area contributed by atoms with Gasteiger partial charge in [0.15, 0.2) is 0 Å². The number of para-hydroxylation sites is 1. The molecule has 3 unspecified atom stereocenters. The van der Waals surface area contributed by atoms with Crippen molar-refractivity contribution in [2.45, 2.75) is 39.6 Å². The topological polar surface area (TPSA) is 68.2 Å². The predicted molar refractivity (Wildman–Crippen MR) is 101 cm³/mol. The van der Waals surface area contributed by atoms with Gasteiger partial charge in [-0.05, 0) is 18.1 Å². The Kier molecular flexibility index (Phi) is 10.2. The van der Waals surface area contributed by atoms with E-state index in [1.165, 1.54) is 0 Å². The highest BCUT2D eigenvalue weighted by molar-refractivity contribution is 8.48. The smallest absolute Gasteiger partial charge is 0.202 e. The van der Waals surface area contributed by atoms with E-state index in [4.69, 9.17) is 19.1 Å². The molecule has 1 rings (SSSR count). The molecule has 0 aliphatic heterocycles. The number of aliphatic hydroxyl groups excluding tert-OH is 2. The summed E-state index contributed by atoms with van der Waals surface area (Å²) in [7, 11) is 1.84. The Bertz CT molecular complexity index is 467. The van der Waals surface area contributed by atoms with Crippen LogP contribution in [0.25, 0.3) is 0 Å². The average Bonchev–Trinajstić information content (AvgIpc) is 2.54. The number of hydrogen-bond donors (Lipinski definition) is 2. The molecular weight excluding hydrogens is 347 g/mol. The number of hydrogen-bond acceptors (Lipinski definition) is 6. The summed E-state index contributed by atoms with van der Waals surface area (Å²) in [5.74, 6) is 1.59. The Hall–Kier alpha value is -0.360. The summed E-state index contributed by atoms with van der Waals surface area (Å²) < 4.78 is 16.2. The number of benzene rings is 1. The molecule has 1 aromatic carbocycles. The SMILES string of the molecule is COCC(CO)OPSCCc1ccccc1OC(O)C(C)(C)C. The Balaban J connectivity index is 2.43. The van der Waals surface area contributed by atoms with Crippen LogP contribution in [0.4, 0.5) is 0 Å². The normalized spacial score (nSPS) is 14.9. The minimum atomic E-state index is -0.851. The highest BCUT2D eigenvalue weighted by Gasteiger charge is 2.24. The van der Waals surface area contributed by atoms with E-state index >= 15 is 0 Å². The molecule has 24 heavy (non-hydrogen) atoms. The number of rotatable bonds is 11. The minimum Gasteiger partial charge on any atom is -0.464 e. The monoisotopic (exact) mass is 376 g/mol. The van der Waals surface area contributed by atoms with Crippen LogP contribution in [0.15, 0.2) is 24.3 Å². The van der Waals surface area contributed by atoms with E-state index in [1.807, 2.05) is 45.0 Å². The minimum absolute atomic E-state index is 0.0389. The Morgan fingerprint density at radius 1 is 1.25 bits per heavy atom. The van der Waals surface area contributed by atoms with Crippen LogP contribution in [-0.4, -0.2) is 48.7 Å². The summed E-state index contributed by atoms with van der Waals surface area (Å²) in [5.41, 5.74) is 0.728. The van der Waals surface area contributed by atoms with Crippen LogP contribution >= 0.6 is 19.4 Å². The number of aliphatic hydroxyl groups is 2. The van der Waals surface area contributed by atoms with E-state index in [1.54, 1.807) is 18.5 Å². The van der Waals surface area contributed by atoms with Crippen LogP contribution in [0.3, 0.4) is 0 Å². The zero-order valence-corrected chi connectivity index (χ0v) is 16.6. The highest BCUT2D eigenvalue weighted by atomic mass is 32.7. The van der Waals surface area contributed by atoms with Crippen LogP contribution < -0.4 is 4.74 Å². The van der Waals surface area contributed by atoms with E-state index < -0.39 is 6.29 Å². The molecule has 0 fully saturated rings. The van der Waals surface area contributed by atoms with Gasteiger partial charge >= 0.3 is 0 Å². The second-order valence-electron chi connectivity index (χ2n) is 6.50. The molecule has 0 bridgehead atoms. The van der Waals surface area contributed by atoms with Gasteiger partial charge in [-0.2, -0.15) is 0 Å². The molecule has 2 N–H and O–H groups in total. The van der Waals surface area contributed by atoms with Gasteiger partial charge in [0.1, 0.15) is 11.9 Å². The van der Waals surface area contributed by atoms with Crippen molar-refractivity contribution >= 4 is 19.4 Å². The fourth-order valence-corrected chi connectivity index (χ4v) is 3.66. The summed E-state index contributed by atoms with van der Waals surface area (Å²) in [5, 5.41) is 19.3. The van der Waals surface area contributed by atoms with Crippen molar-refractivity contribution in [1.29, 1.82) is 0 Å². The highest BCUT2D eigenvalue weighted by Crippen LogP contribution is 2.33. The van der Waals surface area contributed by atoms with E-state index in [2.05, 4.69) is 0 Å². The maximum atomic E-state index is 10.1. The Labute approximate surface area is 150 Å². The van der Waals surface area contributed by atoms with Gasteiger partial charge in [-0.1, -0.05) is 39.0 Å². The molecule has 5 nitrogen and oxygen atoms in total. The molecule has 0 saturated heterocycles. The molecule has 0 radical (unpaired) electrons. The van der Waals surface area contributed by atoms with Gasteiger partial charge in [0.05, 0.1) is 21.2 Å². The first kappa shape index (κ1) is 21.7. The molecule has 0 aliphatic rings. The van der Waals surface area contributed by atoms with Crippen molar-refractivity contribution in [2.24, 2.45) is 5.41 Å². The fraction of sp³-hybridized carbons (Fsp3) is 0.647. The van der Waals surface area contributed by atoms with Gasteiger partial charge < -0.3 is 24.2 Å². The van der Waals surface area contributed by atoms with Gasteiger partial charge in [0, 0.05) is 18.3 Å². The third-order valence-electron chi connectivity index (χ3n) is 3.26. The fourth-order valence-electron chi connectivity index (χ4n) is 1.74. The largest absolute Gasteiger partial charge is 0.464 e. The van der Waals surface area contributed by atoms with Crippen LogP contribution in [0.2, 0.25) is 0 Å². The molecule has 0 heterocycles. The molecule has 7 heteroatoms. The molecule has 0 spiro atoms. The van der Waals surface area contributed by atoms with Crippen molar-refractivity contribution < 1.29 is 24.2 Å². The zero-order valence-electron chi connectivity index (χ0n) is 14.8. The van der Waals surface area contributed by atoms with Gasteiger partial charge in [0.2, 0.25) is 6.29 Å². The third kappa shape index (κ3) is 8.15. The number of aryl methyl sites for hydroxylation is 1.